The zero-order valence-corrected chi connectivity index (χ0v) is 10.6. The highest BCUT2D eigenvalue weighted by Gasteiger charge is 2.01. The fourth-order valence-corrected chi connectivity index (χ4v) is 1.76. The maximum atomic E-state index is 13.2. The predicted octanol–water partition coefficient (Wildman–Crippen LogP) is 3.75. The van der Waals surface area contributed by atoms with Gasteiger partial charge >= 0.3 is 0 Å². The highest BCUT2D eigenvalue weighted by atomic mass is 79.9. The van der Waals surface area contributed by atoms with Gasteiger partial charge < -0.3 is 10.5 Å². The molecule has 0 bridgehead atoms. The Morgan fingerprint density at radius 1 is 1.18 bits per heavy atom. The van der Waals surface area contributed by atoms with E-state index < -0.39 is 5.82 Å². The first-order valence-electron chi connectivity index (χ1n) is 5.07. The van der Waals surface area contributed by atoms with Crippen LogP contribution in [-0.4, -0.2) is 0 Å². The summed E-state index contributed by atoms with van der Waals surface area (Å²) in [5, 5.41) is 0. The van der Waals surface area contributed by atoms with Crippen LogP contribution in [0.25, 0.3) is 0 Å². The van der Waals surface area contributed by atoms with Crippen molar-refractivity contribution >= 4 is 21.6 Å². The van der Waals surface area contributed by atoms with Crippen LogP contribution < -0.4 is 10.5 Å². The van der Waals surface area contributed by atoms with Crippen LogP contribution in [0.2, 0.25) is 0 Å². The molecule has 0 aliphatic rings. The molecule has 0 saturated heterocycles. The summed E-state index contributed by atoms with van der Waals surface area (Å²) >= 11 is 3.35. The lowest BCUT2D eigenvalue weighted by Crippen LogP contribution is -1.98. The molecule has 2 N–H and O–H groups in total. The van der Waals surface area contributed by atoms with Crippen LogP contribution in [0, 0.1) is 5.82 Å². The van der Waals surface area contributed by atoms with Gasteiger partial charge in [-0.05, 0) is 35.9 Å². The van der Waals surface area contributed by atoms with E-state index >= 15 is 0 Å². The van der Waals surface area contributed by atoms with Gasteiger partial charge in [-0.1, -0.05) is 28.1 Å². The molecule has 17 heavy (non-hydrogen) atoms. The molecule has 88 valence electrons. The average Bonchev–Trinajstić information content (AvgIpc) is 2.31. The Bertz CT molecular complexity index is 531. The first-order chi connectivity index (χ1) is 8.15. The summed E-state index contributed by atoms with van der Waals surface area (Å²) in [5.74, 6) is 0.317. The molecule has 4 heteroatoms. The highest BCUT2D eigenvalue weighted by molar-refractivity contribution is 9.10. The zero-order chi connectivity index (χ0) is 12.3. The van der Waals surface area contributed by atoms with Gasteiger partial charge in [-0.25, -0.2) is 4.39 Å². The molecule has 0 aromatic heterocycles. The van der Waals surface area contributed by atoms with Gasteiger partial charge in [0.15, 0.2) is 0 Å². The van der Waals surface area contributed by atoms with Crippen molar-refractivity contribution in [3.8, 4) is 5.75 Å². The molecule has 0 spiro atoms. The Morgan fingerprint density at radius 3 is 2.71 bits per heavy atom. The molecule has 0 atom stereocenters. The van der Waals surface area contributed by atoms with E-state index in [1.54, 1.807) is 6.07 Å². The average molecular weight is 296 g/mol. The van der Waals surface area contributed by atoms with Gasteiger partial charge in [0.1, 0.15) is 18.2 Å². The minimum atomic E-state index is -0.416. The van der Waals surface area contributed by atoms with Crippen molar-refractivity contribution in [2.75, 3.05) is 5.73 Å². The van der Waals surface area contributed by atoms with Gasteiger partial charge in [-0.15, -0.1) is 0 Å². The molecule has 0 unspecified atom stereocenters. The summed E-state index contributed by atoms with van der Waals surface area (Å²) < 4.78 is 19.7. The molecular formula is C13H11BrFNO. The smallest absolute Gasteiger partial charge is 0.146 e. The lowest BCUT2D eigenvalue weighted by Gasteiger charge is -2.07. The van der Waals surface area contributed by atoms with Crippen molar-refractivity contribution in [2.24, 2.45) is 0 Å². The SMILES string of the molecule is Nc1ccc(COc2cccc(Br)c2)cc1F. The molecule has 0 radical (unpaired) electrons. The van der Waals surface area contributed by atoms with E-state index in [-0.39, 0.29) is 5.69 Å². The van der Waals surface area contributed by atoms with Gasteiger partial charge in [0.05, 0.1) is 5.69 Å². The second-order valence-electron chi connectivity index (χ2n) is 3.60. The third kappa shape index (κ3) is 3.20. The number of halogens is 2. The van der Waals surface area contributed by atoms with E-state index in [0.29, 0.717) is 6.61 Å². The number of rotatable bonds is 3. The molecule has 2 aromatic carbocycles. The van der Waals surface area contributed by atoms with Gasteiger partial charge in [0.2, 0.25) is 0 Å². The highest BCUT2D eigenvalue weighted by Crippen LogP contribution is 2.19. The Balaban J connectivity index is 2.05. The molecule has 2 aromatic rings. The van der Waals surface area contributed by atoms with Crippen LogP contribution in [0.1, 0.15) is 5.56 Å². The molecule has 2 rings (SSSR count). The summed E-state index contributed by atoms with van der Waals surface area (Å²) in [6, 6.07) is 12.2. The standard InChI is InChI=1S/C13H11BrFNO/c14-10-2-1-3-11(7-10)17-8-9-4-5-13(16)12(15)6-9/h1-7H,8,16H2. The number of nitrogen functional groups attached to an aromatic ring is 1. The lowest BCUT2D eigenvalue weighted by atomic mass is 10.2. The molecular weight excluding hydrogens is 285 g/mol. The van der Waals surface area contributed by atoms with Crippen molar-refractivity contribution in [1.29, 1.82) is 0 Å². The Kier molecular flexibility index (Phi) is 3.64. The molecule has 0 fully saturated rings. The monoisotopic (exact) mass is 295 g/mol. The minimum Gasteiger partial charge on any atom is -0.489 e. The molecule has 0 aliphatic heterocycles. The van der Waals surface area contributed by atoms with Crippen LogP contribution in [0.5, 0.6) is 5.75 Å². The Morgan fingerprint density at radius 2 is 2.00 bits per heavy atom. The summed E-state index contributed by atoms with van der Waals surface area (Å²) in [6.07, 6.45) is 0. The van der Waals surface area contributed by atoms with Crippen LogP contribution in [0.3, 0.4) is 0 Å². The number of ether oxygens (including phenoxy) is 1. The third-order valence-electron chi connectivity index (χ3n) is 2.27. The number of hydrogen-bond acceptors (Lipinski definition) is 2. The largest absolute Gasteiger partial charge is 0.489 e. The van der Waals surface area contributed by atoms with Crippen molar-refractivity contribution in [3.63, 3.8) is 0 Å². The van der Waals surface area contributed by atoms with E-state index in [4.69, 9.17) is 10.5 Å². The van der Waals surface area contributed by atoms with Crippen molar-refractivity contribution in [3.05, 3.63) is 58.3 Å². The van der Waals surface area contributed by atoms with E-state index in [2.05, 4.69) is 15.9 Å². The number of anilines is 1. The zero-order valence-electron chi connectivity index (χ0n) is 8.99. The van der Waals surface area contributed by atoms with E-state index in [1.807, 2.05) is 24.3 Å². The second-order valence-corrected chi connectivity index (χ2v) is 4.52. The number of nitrogens with two attached hydrogens (primary N) is 1. The van der Waals surface area contributed by atoms with Crippen molar-refractivity contribution in [1.82, 2.24) is 0 Å². The maximum absolute atomic E-state index is 13.2. The van der Waals surface area contributed by atoms with Crippen LogP contribution >= 0.6 is 15.9 Å². The molecule has 0 aliphatic carbocycles. The molecule has 0 saturated carbocycles. The van der Waals surface area contributed by atoms with Crippen molar-refractivity contribution < 1.29 is 9.13 Å². The fourth-order valence-electron chi connectivity index (χ4n) is 1.38. The molecule has 0 amide bonds. The Labute approximate surface area is 107 Å². The fraction of sp³-hybridized carbons (Fsp3) is 0.0769. The molecule has 2 nitrogen and oxygen atoms in total. The van der Waals surface area contributed by atoms with Crippen LogP contribution in [0.15, 0.2) is 46.9 Å². The van der Waals surface area contributed by atoms with Gasteiger partial charge in [-0.2, -0.15) is 0 Å². The second kappa shape index (κ2) is 5.19. The quantitative estimate of drug-likeness (QED) is 0.875. The molecule has 0 heterocycles. The van der Waals surface area contributed by atoms with Crippen molar-refractivity contribution in [2.45, 2.75) is 6.61 Å². The summed E-state index contributed by atoms with van der Waals surface area (Å²) in [6.45, 7) is 0.313. The first kappa shape index (κ1) is 11.9. The van der Waals surface area contributed by atoms with Crippen LogP contribution in [-0.2, 0) is 6.61 Å². The van der Waals surface area contributed by atoms with Gasteiger partial charge in [-0.3, -0.25) is 0 Å². The normalized spacial score (nSPS) is 10.2. The Hall–Kier alpha value is -1.55. The van der Waals surface area contributed by atoms with Gasteiger partial charge in [0, 0.05) is 4.47 Å². The van der Waals surface area contributed by atoms with Gasteiger partial charge in [0.25, 0.3) is 0 Å². The van der Waals surface area contributed by atoms with E-state index in [9.17, 15) is 4.39 Å². The summed E-state index contributed by atoms with van der Waals surface area (Å²) in [5.41, 5.74) is 6.29. The maximum Gasteiger partial charge on any atom is 0.146 e. The number of hydrogen-bond donors (Lipinski definition) is 1. The van der Waals surface area contributed by atoms with E-state index in [1.165, 1.54) is 12.1 Å². The first-order valence-corrected chi connectivity index (χ1v) is 5.87. The predicted molar refractivity (Wildman–Crippen MR) is 69.3 cm³/mol. The topological polar surface area (TPSA) is 35.2 Å². The third-order valence-corrected chi connectivity index (χ3v) is 2.76. The summed E-state index contributed by atoms with van der Waals surface area (Å²) in [7, 11) is 0. The number of benzene rings is 2. The van der Waals surface area contributed by atoms with E-state index in [0.717, 1.165) is 15.8 Å². The van der Waals surface area contributed by atoms with Crippen LogP contribution in [0.4, 0.5) is 10.1 Å². The summed E-state index contributed by atoms with van der Waals surface area (Å²) in [4.78, 5) is 0. The minimum absolute atomic E-state index is 0.149. The lowest BCUT2D eigenvalue weighted by molar-refractivity contribution is 0.305.